The number of amides is 2. The maximum Gasteiger partial charge on any atom is 0.265 e. The summed E-state index contributed by atoms with van der Waals surface area (Å²) in [6.45, 7) is 6.40. The average Bonchev–Trinajstić information content (AvgIpc) is 2.76. The van der Waals surface area contributed by atoms with Crippen LogP contribution >= 0.6 is 39.7 Å². The van der Waals surface area contributed by atoms with Crippen molar-refractivity contribution in [2.75, 3.05) is 13.2 Å². The maximum atomic E-state index is 12.8. The zero-order valence-corrected chi connectivity index (χ0v) is 20.4. The van der Waals surface area contributed by atoms with Gasteiger partial charge in [0.1, 0.15) is 12.2 Å². The largest absolute Gasteiger partial charge is 0.490 e. The number of benzene rings is 2. The van der Waals surface area contributed by atoms with Gasteiger partial charge in [-0.15, -0.1) is 6.58 Å². The molecule has 32 heavy (non-hydrogen) atoms. The van der Waals surface area contributed by atoms with Gasteiger partial charge in [-0.2, -0.15) is 0 Å². The summed E-state index contributed by atoms with van der Waals surface area (Å²) in [4.78, 5) is 26.5. The lowest BCUT2D eigenvalue weighted by atomic mass is 10.1. The summed E-state index contributed by atoms with van der Waals surface area (Å²) in [7, 11) is 0. The van der Waals surface area contributed by atoms with Crippen LogP contribution in [-0.4, -0.2) is 35.0 Å². The van der Waals surface area contributed by atoms with E-state index in [1.165, 1.54) is 17.1 Å². The van der Waals surface area contributed by atoms with E-state index in [2.05, 4.69) is 27.8 Å². The topological polar surface area (TPSA) is 67.9 Å². The molecule has 2 aromatic carbocycles. The fraction of sp³-hybridized carbons (Fsp3) is 0.174. The summed E-state index contributed by atoms with van der Waals surface area (Å²) in [5.41, 5.74) is 1.48. The van der Waals surface area contributed by atoms with Gasteiger partial charge in [0, 0.05) is 16.0 Å². The highest BCUT2D eigenvalue weighted by Gasteiger charge is 2.32. The Morgan fingerprint density at radius 1 is 1.19 bits per heavy atom. The molecule has 1 fully saturated rings. The van der Waals surface area contributed by atoms with Crippen molar-refractivity contribution in [1.29, 1.82) is 0 Å². The number of hydrogen-bond acceptors (Lipinski definition) is 5. The van der Waals surface area contributed by atoms with Gasteiger partial charge >= 0.3 is 0 Å². The third-order valence-electron chi connectivity index (χ3n) is 4.47. The van der Waals surface area contributed by atoms with Crippen molar-refractivity contribution < 1.29 is 19.1 Å². The first-order valence-electron chi connectivity index (χ1n) is 9.67. The standard InChI is InChI=1S/C23H20BrClN2O4S/c1-3-9-27-22(29)17(21(28)26-23(27)32)10-15-11-19(30-4-2)20(12-18(15)24)31-13-14-5-7-16(25)8-6-14/h3,5-8,10-12H,1,4,9,13H2,2H3,(H,26,28,32)/b17-10+. The summed E-state index contributed by atoms with van der Waals surface area (Å²) < 4.78 is 12.3. The molecule has 1 heterocycles. The Kier molecular flexibility index (Phi) is 8.06. The van der Waals surface area contributed by atoms with Crippen molar-refractivity contribution >= 4 is 62.8 Å². The molecule has 1 N–H and O–H groups in total. The molecule has 0 aliphatic carbocycles. The lowest BCUT2D eigenvalue weighted by molar-refractivity contribution is -0.128. The quantitative estimate of drug-likeness (QED) is 0.226. The van der Waals surface area contributed by atoms with Crippen LogP contribution in [0.4, 0.5) is 0 Å². The predicted octanol–water partition coefficient (Wildman–Crippen LogP) is 4.89. The van der Waals surface area contributed by atoms with Crippen LogP contribution in [0.5, 0.6) is 11.5 Å². The first-order valence-corrected chi connectivity index (χ1v) is 11.2. The molecule has 0 bridgehead atoms. The normalized spacial score (nSPS) is 15.0. The molecule has 1 aliphatic rings. The Bertz CT molecular complexity index is 1100. The van der Waals surface area contributed by atoms with Crippen LogP contribution in [0.2, 0.25) is 5.02 Å². The zero-order chi connectivity index (χ0) is 23.3. The van der Waals surface area contributed by atoms with Gasteiger partial charge in [-0.3, -0.25) is 19.8 Å². The van der Waals surface area contributed by atoms with Gasteiger partial charge in [-0.25, -0.2) is 0 Å². The molecule has 6 nitrogen and oxygen atoms in total. The molecule has 2 aromatic rings. The maximum absolute atomic E-state index is 12.8. The van der Waals surface area contributed by atoms with Gasteiger partial charge in [0.15, 0.2) is 16.6 Å². The Hall–Kier alpha value is -2.68. The van der Waals surface area contributed by atoms with E-state index in [1.807, 2.05) is 19.1 Å². The number of nitrogens with one attached hydrogen (secondary N) is 1. The van der Waals surface area contributed by atoms with E-state index in [1.54, 1.807) is 24.3 Å². The molecular formula is C23H20BrClN2O4S. The van der Waals surface area contributed by atoms with Crippen molar-refractivity contribution in [3.8, 4) is 11.5 Å². The molecule has 0 spiro atoms. The number of carbonyl (C=O) groups excluding carboxylic acids is 2. The van der Waals surface area contributed by atoms with Gasteiger partial charge in [-0.05, 0) is 60.6 Å². The molecule has 1 aliphatic heterocycles. The van der Waals surface area contributed by atoms with Gasteiger partial charge in [0.05, 0.1) is 6.61 Å². The SMILES string of the molecule is C=CCN1C(=O)/C(=C/c2cc(OCC)c(OCc3ccc(Cl)cc3)cc2Br)C(=O)NC1=S. The first-order chi connectivity index (χ1) is 15.3. The third-order valence-corrected chi connectivity index (χ3v) is 5.73. The van der Waals surface area contributed by atoms with Crippen LogP contribution in [0.3, 0.4) is 0 Å². The molecule has 3 rings (SSSR count). The van der Waals surface area contributed by atoms with Gasteiger partial charge in [0.25, 0.3) is 11.8 Å². The lowest BCUT2D eigenvalue weighted by Crippen LogP contribution is -2.53. The van der Waals surface area contributed by atoms with E-state index in [9.17, 15) is 9.59 Å². The molecule has 166 valence electrons. The van der Waals surface area contributed by atoms with Crippen LogP contribution in [0, 0.1) is 0 Å². The van der Waals surface area contributed by atoms with Crippen LogP contribution in [0.1, 0.15) is 18.1 Å². The molecule has 9 heteroatoms. The smallest absolute Gasteiger partial charge is 0.265 e. The number of ether oxygens (including phenoxy) is 2. The number of hydrogen-bond donors (Lipinski definition) is 1. The van der Waals surface area contributed by atoms with Gasteiger partial charge in [-0.1, -0.05) is 45.7 Å². The number of rotatable bonds is 8. The molecule has 0 unspecified atom stereocenters. The third kappa shape index (κ3) is 5.56. The summed E-state index contributed by atoms with van der Waals surface area (Å²) in [6.07, 6.45) is 3.03. The second-order valence-electron chi connectivity index (χ2n) is 6.69. The highest BCUT2D eigenvalue weighted by atomic mass is 79.9. The number of nitrogens with zero attached hydrogens (tertiary/aromatic N) is 1. The van der Waals surface area contributed by atoms with E-state index < -0.39 is 11.8 Å². The van der Waals surface area contributed by atoms with E-state index in [-0.39, 0.29) is 17.2 Å². The van der Waals surface area contributed by atoms with Crippen molar-refractivity contribution in [1.82, 2.24) is 10.2 Å². The summed E-state index contributed by atoms with van der Waals surface area (Å²) in [5.74, 6) is -0.0526. The summed E-state index contributed by atoms with van der Waals surface area (Å²) in [6, 6.07) is 10.8. The molecule has 2 amide bonds. The second kappa shape index (κ2) is 10.8. The minimum absolute atomic E-state index is 0.0431. The number of carbonyl (C=O) groups is 2. The molecular weight excluding hydrogens is 516 g/mol. The predicted molar refractivity (Wildman–Crippen MR) is 132 cm³/mol. The van der Waals surface area contributed by atoms with Gasteiger partial charge in [0.2, 0.25) is 0 Å². The average molecular weight is 536 g/mol. The number of thiocarbonyl (C=S) groups is 1. The van der Waals surface area contributed by atoms with Gasteiger partial charge < -0.3 is 9.47 Å². The van der Waals surface area contributed by atoms with Crippen molar-refractivity contribution in [2.45, 2.75) is 13.5 Å². The summed E-state index contributed by atoms with van der Waals surface area (Å²) >= 11 is 14.5. The fourth-order valence-electron chi connectivity index (χ4n) is 2.93. The Morgan fingerprint density at radius 3 is 2.53 bits per heavy atom. The molecule has 0 atom stereocenters. The Morgan fingerprint density at radius 2 is 1.88 bits per heavy atom. The lowest BCUT2D eigenvalue weighted by Gasteiger charge is -2.27. The zero-order valence-electron chi connectivity index (χ0n) is 17.2. The second-order valence-corrected chi connectivity index (χ2v) is 8.37. The van der Waals surface area contributed by atoms with Crippen LogP contribution in [-0.2, 0) is 16.2 Å². The van der Waals surface area contributed by atoms with Crippen molar-refractivity contribution in [3.63, 3.8) is 0 Å². The molecule has 1 saturated heterocycles. The van der Waals surface area contributed by atoms with Crippen LogP contribution in [0.15, 0.2) is 59.1 Å². The van der Waals surface area contributed by atoms with Crippen LogP contribution in [0.25, 0.3) is 6.08 Å². The minimum atomic E-state index is -0.562. The fourth-order valence-corrected chi connectivity index (χ4v) is 3.74. The first kappa shape index (κ1) is 24.0. The van der Waals surface area contributed by atoms with E-state index in [0.717, 1.165) is 5.56 Å². The Balaban J connectivity index is 1.91. The molecule has 0 aromatic heterocycles. The monoisotopic (exact) mass is 534 g/mol. The van der Waals surface area contributed by atoms with E-state index in [0.29, 0.717) is 39.8 Å². The minimum Gasteiger partial charge on any atom is -0.490 e. The highest BCUT2D eigenvalue weighted by molar-refractivity contribution is 9.10. The van der Waals surface area contributed by atoms with E-state index >= 15 is 0 Å². The van der Waals surface area contributed by atoms with Crippen LogP contribution < -0.4 is 14.8 Å². The number of halogens is 2. The molecule has 0 radical (unpaired) electrons. The Labute approximate surface area is 205 Å². The van der Waals surface area contributed by atoms with Crippen molar-refractivity contribution in [2.24, 2.45) is 0 Å². The summed E-state index contributed by atoms with van der Waals surface area (Å²) in [5, 5.41) is 3.23. The van der Waals surface area contributed by atoms with E-state index in [4.69, 9.17) is 33.3 Å². The van der Waals surface area contributed by atoms with Crippen molar-refractivity contribution in [3.05, 3.63) is 75.2 Å². The molecule has 0 saturated carbocycles. The highest BCUT2D eigenvalue weighted by Crippen LogP contribution is 2.36.